The number of benzene rings is 2. The molecule has 1 N–H and O–H groups in total. The van der Waals surface area contributed by atoms with Gasteiger partial charge < -0.3 is 15.0 Å². The third kappa shape index (κ3) is 5.04. The maximum absolute atomic E-state index is 13.5. The van der Waals surface area contributed by atoms with E-state index >= 15 is 0 Å². The third-order valence-corrected chi connectivity index (χ3v) is 5.80. The number of halogens is 1. The minimum absolute atomic E-state index is 0.00503. The molecular weight excluding hydrogens is 387 g/mol. The van der Waals surface area contributed by atoms with Crippen LogP contribution in [0.5, 0.6) is 5.75 Å². The fourth-order valence-corrected chi connectivity index (χ4v) is 4.09. The Labute approximate surface area is 176 Å². The zero-order chi connectivity index (χ0) is 21.2. The molecule has 156 valence electrons. The smallest absolute Gasteiger partial charge is 0.229 e. The molecule has 0 saturated heterocycles. The lowest BCUT2D eigenvalue weighted by molar-refractivity contribution is -0.123. The van der Waals surface area contributed by atoms with Crippen molar-refractivity contribution < 1.29 is 13.9 Å². The summed E-state index contributed by atoms with van der Waals surface area (Å²) in [6.07, 6.45) is 0. The van der Waals surface area contributed by atoms with Crippen LogP contribution in [0.15, 0.2) is 35.2 Å². The Morgan fingerprint density at radius 3 is 2.72 bits per heavy atom. The van der Waals surface area contributed by atoms with Crippen molar-refractivity contribution in [3.05, 3.63) is 47.3 Å². The standard InChI is InChI=1S/C23H29FN2O2S/c1-6-29-20-13-18(11-15(2)21(20)25-22(27)23(3,4)5)26-9-10-28-19-12-17(24)8-7-16(19)14-26/h7-8,11-13H,6,9-10,14H2,1-5H3,(H,25,27). The molecule has 1 heterocycles. The van der Waals surface area contributed by atoms with Crippen LogP contribution in [0.25, 0.3) is 0 Å². The number of hydrogen-bond acceptors (Lipinski definition) is 4. The van der Waals surface area contributed by atoms with Crippen molar-refractivity contribution >= 4 is 29.0 Å². The number of anilines is 2. The van der Waals surface area contributed by atoms with Crippen LogP contribution in [-0.4, -0.2) is 24.8 Å². The lowest BCUT2D eigenvalue weighted by Crippen LogP contribution is -2.28. The van der Waals surface area contributed by atoms with Crippen LogP contribution in [0.2, 0.25) is 0 Å². The maximum atomic E-state index is 13.5. The van der Waals surface area contributed by atoms with E-state index in [1.165, 1.54) is 12.1 Å². The number of hydrogen-bond donors (Lipinski definition) is 1. The van der Waals surface area contributed by atoms with Crippen molar-refractivity contribution in [1.29, 1.82) is 0 Å². The monoisotopic (exact) mass is 416 g/mol. The fourth-order valence-electron chi connectivity index (χ4n) is 3.21. The van der Waals surface area contributed by atoms with Crippen molar-refractivity contribution in [2.24, 2.45) is 5.41 Å². The van der Waals surface area contributed by atoms with E-state index in [4.69, 9.17) is 4.74 Å². The Morgan fingerprint density at radius 2 is 2.03 bits per heavy atom. The number of carbonyl (C=O) groups excluding carboxylic acids is 1. The number of rotatable bonds is 4. The zero-order valence-electron chi connectivity index (χ0n) is 17.8. The van der Waals surface area contributed by atoms with Gasteiger partial charge in [-0.05, 0) is 36.4 Å². The Bertz CT molecular complexity index is 908. The van der Waals surface area contributed by atoms with Gasteiger partial charge in [0.05, 0.1) is 12.2 Å². The summed E-state index contributed by atoms with van der Waals surface area (Å²) in [4.78, 5) is 15.9. The Hall–Kier alpha value is -2.21. The van der Waals surface area contributed by atoms with Gasteiger partial charge in [0, 0.05) is 34.2 Å². The molecule has 0 bridgehead atoms. The SMILES string of the molecule is CCSc1cc(N2CCOc3cc(F)ccc3C2)cc(C)c1NC(=O)C(C)(C)C. The summed E-state index contributed by atoms with van der Waals surface area (Å²) in [5, 5.41) is 3.12. The van der Waals surface area contributed by atoms with E-state index in [2.05, 4.69) is 29.3 Å². The number of fused-ring (bicyclic) bond motifs is 1. The van der Waals surface area contributed by atoms with E-state index in [1.807, 2.05) is 27.7 Å². The second-order valence-electron chi connectivity index (χ2n) is 8.30. The number of aryl methyl sites for hydroxylation is 1. The Balaban J connectivity index is 1.94. The lowest BCUT2D eigenvalue weighted by atomic mass is 9.95. The summed E-state index contributed by atoms with van der Waals surface area (Å²) in [5.74, 6) is 1.24. The second kappa shape index (κ2) is 8.66. The predicted octanol–water partition coefficient (Wildman–Crippen LogP) is 5.63. The summed E-state index contributed by atoms with van der Waals surface area (Å²) in [7, 11) is 0. The number of nitrogens with one attached hydrogen (secondary N) is 1. The quantitative estimate of drug-likeness (QED) is 0.656. The summed E-state index contributed by atoms with van der Waals surface area (Å²) >= 11 is 1.72. The van der Waals surface area contributed by atoms with Gasteiger partial charge >= 0.3 is 0 Å². The van der Waals surface area contributed by atoms with Gasteiger partial charge in [0.15, 0.2) is 0 Å². The van der Waals surface area contributed by atoms with E-state index in [-0.39, 0.29) is 11.7 Å². The van der Waals surface area contributed by atoms with Crippen molar-refractivity contribution in [3.8, 4) is 5.75 Å². The first-order chi connectivity index (χ1) is 13.7. The molecule has 0 spiro atoms. The van der Waals surface area contributed by atoms with E-state index in [9.17, 15) is 9.18 Å². The van der Waals surface area contributed by atoms with Gasteiger partial charge in [-0.2, -0.15) is 0 Å². The van der Waals surface area contributed by atoms with Crippen LogP contribution in [0.3, 0.4) is 0 Å². The lowest BCUT2D eigenvalue weighted by Gasteiger charge is -2.26. The van der Waals surface area contributed by atoms with E-state index in [1.54, 1.807) is 17.8 Å². The molecule has 4 nitrogen and oxygen atoms in total. The third-order valence-electron chi connectivity index (χ3n) is 4.88. The van der Waals surface area contributed by atoms with Gasteiger partial charge in [-0.25, -0.2) is 4.39 Å². The van der Waals surface area contributed by atoms with Crippen molar-refractivity contribution in [2.75, 3.05) is 29.1 Å². The van der Waals surface area contributed by atoms with Gasteiger partial charge in [-0.3, -0.25) is 4.79 Å². The molecular formula is C23H29FN2O2S. The summed E-state index contributed by atoms with van der Waals surface area (Å²) < 4.78 is 19.3. The second-order valence-corrected chi connectivity index (χ2v) is 9.60. The summed E-state index contributed by atoms with van der Waals surface area (Å²) in [5.41, 5.74) is 3.50. The van der Waals surface area contributed by atoms with Gasteiger partial charge in [-0.15, -0.1) is 11.8 Å². The number of nitrogens with zero attached hydrogens (tertiary/aromatic N) is 1. The maximum Gasteiger partial charge on any atom is 0.229 e. The van der Waals surface area contributed by atoms with E-state index in [0.29, 0.717) is 25.4 Å². The number of carbonyl (C=O) groups is 1. The first-order valence-electron chi connectivity index (χ1n) is 9.94. The molecule has 6 heteroatoms. The van der Waals surface area contributed by atoms with Crippen molar-refractivity contribution in [2.45, 2.75) is 46.1 Å². The molecule has 29 heavy (non-hydrogen) atoms. The van der Waals surface area contributed by atoms with Crippen molar-refractivity contribution in [3.63, 3.8) is 0 Å². The summed E-state index contributed by atoms with van der Waals surface area (Å²) in [6.45, 7) is 11.7. The van der Waals surface area contributed by atoms with Gasteiger partial charge in [0.2, 0.25) is 5.91 Å². The summed E-state index contributed by atoms with van der Waals surface area (Å²) in [6, 6.07) is 8.95. The normalized spacial score (nSPS) is 14.1. The highest BCUT2D eigenvalue weighted by Crippen LogP contribution is 2.37. The molecule has 0 aliphatic carbocycles. The Kier molecular flexibility index (Phi) is 6.42. The van der Waals surface area contributed by atoms with Crippen LogP contribution in [0, 0.1) is 18.2 Å². The number of thioether (sulfide) groups is 1. The average molecular weight is 417 g/mol. The van der Waals surface area contributed by atoms with Crippen LogP contribution >= 0.6 is 11.8 Å². The molecule has 2 aromatic rings. The predicted molar refractivity (Wildman–Crippen MR) is 119 cm³/mol. The number of ether oxygens (including phenoxy) is 1. The highest BCUT2D eigenvalue weighted by molar-refractivity contribution is 7.99. The van der Waals surface area contributed by atoms with Gasteiger partial charge in [0.1, 0.15) is 18.2 Å². The first kappa shape index (κ1) is 21.5. The molecule has 0 unspecified atom stereocenters. The highest BCUT2D eigenvalue weighted by atomic mass is 32.2. The largest absolute Gasteiger partial charge is 0.491 e. The molecule has 1 aliphatic heterocycles. The molecule has 3 rings (SSSR count). The van der Waals surface area contributed by atoms with Crippen molar-refractivity contribution in [1.82, 2.24) is 0 Å². The molecule has 1 amide bonds. The zero-order valence-corrected chi connectivity index (χ0v) is 18.6. The van der Waals surface area contributed by atoms with Crippen LogP contribution in [-0.2, 0) is 11.3 Å². The topological polar surface area (TPSA) is 41.6 Å². The minimum Gasteiger partial charge on any atom is -0.491 e. The van der Waals surface area contributed by atoms with Crippen LogP contribution < -0.4 is 15.0 Å². The molecule has 0 fully saturated rings. The molecule has 1 aliphatic rings. The van der Waals surface area contributed by atoms with E-state index < -0.39 is 5.41 Å². The first-order valence-corrected chi connectivity index (χ1v) is 10.9. The molecule has 0 saturated carbocycles. The molecule has 2 aromatic carbocycles. The number of amides is 1. The molecule has 0 atom stereocenters. The van der Waals surface area contributed by atoms with E-state index in [0.717, 1.165) is 33.2 Å². The van der Waals surface area contributed by atoms with Gasteiger partial charge in [0.25, 0.3) is 0 Å². The Morgan fingerprint density at radius 1 is 1.28 bits per heavy atom. The molecule has 0 aromatic heterocycles. The highest BCUT2D eigenvalue weighted by Gasteiger charge is 2.24. The van der Waals surface area contributed by atoms with Crippen LogP contribution in [0.1, 0.15) is 38.8 Å². The van der Waals surface area contributed by atoms with Gasteiger partial charge in [-0.1, -0.05) is 33.8 Å². The average Bonchev–Trinajstić information content (AvgIpc) is 2.85. The minimum atomic E-state index is -0.458. The van der Waals surface area contributed by atoms with Crippen LogP contribution in [0.4, 0.5) is 15.8 Å². The fraction of sp³-hybridized carbons (Fsp3) is 0.435. The molecule has 0 radical (unpaired) electrons.